The van der Waals surface area contributed by atoms with Crippen molar-refractivity contribution in [2.45, 2.75) is 26.8 Å². The number of nitrogens with two attached hydrogens (primary N) is 1. The predicted molar refractivity (Wildman–Crippen MR) is 86.5 cm³/mol. The number of thiophene rings is 1. The van der Waals surface area contributed by atoms with Crippen molar-refractivity contribution < 1.29 is 0 Å². The topological polar surface area (TPSA) is 67.6 Å². The molecule has 0 bridgehead atoms. The van der Waals surface area contributed by atoms with Crippen LogP contribution in [-0.4, -0.2) is 9.55 Å². The third kappa shape index (κ3) is 2.18. The molecule has 3 rings (SSSR count). The Hall–Kier alpha value is -2.32. The zero-order valence-electron chi connectivity index (χ0n) is 12.2. The first-order valence-corrected chi connectivity index (χ1v) is 7.57. The van der Waals surface area contributed by atoms with E-state index in [0.29, 0.717) is 11.5 Å². The highest BCUT2D eigenvalue weighted by molar-refractivity contribution is 7.12. The van der Waals surface area contributed by atoms with Gasteiger partial charge in [0.1, 0.15) is 0 Å². The maximum atomic E-state index is 9.09. The van der Waals surface area contributed by atoms with Crippen LogP contribution in [0.5, 0.6) is 0 Å². The van der Waals surface area contributed by atoms with E-state index in [1.54, 1.807) is 17.4 Å². The molecule has 0 spiro atoms. The number of aromatic nitrogens is 2. The maximum Gasteiger partial charge on any atom is 0.201 e. The summed E-state index contributed by atoms with van der Waals surface area (Å²) in [6.07, 6.45) is 0. The zero-order valence-corrected chi connectivity index (χ0v) is 13.0. The van der Waals surface area contributed by atoms with Crippen molar-refractivity contribution in [2.75, 3.05) is 5.73 Å². The first kappa shape index (κ1) is 13.7. The standard InChI is InChI=1S/C16H16N4S/c1-9-6-13(11(3)21-9)10(2)20-15-7-12(8-17)4-5-14(15)19-16(20)18/h4-7,10H,1-3H3,(H2,18,19). The molecule has 0 amide bonds. The largest absolute Gasteiger partial charge is 0.369 e. The van der Waals surface area contributed by atoms with Crippen LogP contribution >= 0.6 is 11.3 Å². The molecule has 0 aliphatic carbocycles. The summed E-state index contributed by atoms with van der Waals surface area (Å²) in [6, 6.07) is 9.92. The van der Waals surface area contributed by atoms with Crippen LogP contribution in [0.1, 0.15) is 33.8 Å². The second-order valence-electron chi connectivity index (χ2n) is 5.20. The summed E-state index contributed by atoms with van der Waals surface area (Å²) < 4.78 is 2.00. The van der Waals surface area contributed by atoms with Gasteiger partial charge < -0.3 is 10.3 Å². The van der Waals surface area contributed by atoms with Gasteiger partial charge in [0.2, 0.25) is 5.95 Å². The van der Waals surface area contributed by atoms with Crippen molar-refractivity contribution in [3.8, 4) is 6.07 Å². The second-order valence-corrected chi connectivity index (χ2v) is 6.66. The number of benzene rings is 1. The van der Waals surface area contributed by atoms with Crippen molar-refractivity contribution in [3.63, 3.8) is 0 Å². The predicted octanol–water partition coefficient (Wildman–Crippen LogP) is 3.78. The van der Waals surface area contributed by atoms with Crippen LogP contribution < -0.4 is 5.73 Å². The lowest BCUT2D eigenvalue weighted by Gasteiger charge is -2.16. The number of anilines is 1. The molecule has 0 aliphatic rings. The molecule has 21 heavy (non-hydrogen) atoms. The highest BCUT2D eigenvalue weighted by Crippen LogP contribution is 2.33. The number of nitrogens with zero attached hydrogens (tertiary/aromatic N) is 3. The van der Waals surface area contributed by atoms with Gasteiger partial charge in [0.05, 0.1) is 28.7 Å². The second kappa shape index (κ2) is 4.90. The van der Waals surface area contributed by atoms with Gasteiger partial charge in [-0.3, -0.25) is 0 Å². The fraction of sp³-hybridized carbons (Fsp3) is 0.250. The molecule has 0 radical (unpaired) electrons. The van der Waals surface area contributed by atoms with Crippen LogP contribution in [0.3, 0.4) is 0 Å². The van der Waals surface area contributed by atoms with Crippen molar-refractivity contribution in [1.29, 1.82) is 5.26 Å². The summed E-state index contributed by atoms with van der Waals surface area (Å²) in [5, 5.41) is 9.09. The molecule has 0 saturated carbocycles. The Labute approximate surface area is 127 Å². The number of nitrogen functional groups attached to an aromatic ring is 1. The average molecular weight is 296 g/mol. The smallest absolute Gasteiger partial charge is 0.201 e. The third-order valence-corrected chi connectivity index (χ3v) is 4.74. The van der Waals surface area contributed by atoms with E-state index in [9.17, 15) is 0 Å². The molecule has 2 heterocycles. The van der Waals surface area contributed by atoms with Crippen molar-refractivity contribution >= 4 is 28.3 Å². The first-order chi connectivity index (χ1) is 10.0. The summed E-state index contributed by atoms with van der Waals surface area (Å²) >= 11 is 1.79. The fourth-order valence-electron chi connectivity index (χ4n) is 2.79. The van der Waals surface area contributed by atoms with Gasteiger partial charge in [0, 0.05) is 9.75 Å². The molecule has 5 heteroatoms. The van der Waals surface area contributed by atoms with Gasteiger partial charge in [0.25, 0.3) is 0 Å². The zero-order chi connectivity index (χ0) is 15.1. The molecular formula is C16H16N4S. The van der Waals surface area contributed by atoms with Crippen molar-refractivity contribution in [1.82, 2.24) is 9.55 Å². The summed E-state index contributed by atoms with van der Waals surface area (Å²) in [6.45, 7) is 6.35. The summed E-state index contributed by atoms with van der Waals surface area (Å²) in [7, 11) is 0. The molecule has 1 aromatic carbocycles. The van der Waals surface area contributed by atoms with Gasteiger partial charge in [-0.15, -0.1) is 11.3 Å². The van der Waals surface area contributed by atoms with Crippen molar-refractivity contribution in [3.05, 3.63) is 45.1 Å². The summed E-state index contributed by atoms with van der Waals surface area (Å²) in [4.78, 5) is 6.98. The van der Waals surface area contributed by atoms with Gasteiger partial charge >= 0.3 is 0 Å². The first-order valence-electron chi connectivity index (χ1n) is 6.75. The van der Waals surface area contributed by atoms with Crippen LogP contribution in [0.25, 0.3) is 11.0 Å². The molecule has 1 atom stereocenters. The quantitative estimate of drug-likeness (QED) is 0.782. The van der Waals surface area contributed by atoms with Gasteiger partial charge in [-0.25, -0.2) is 4.98 Å². The van der Waals surface area contributed by atoms with Gasteiger partial charge in [-0.1, -0.05) is 0 Å². The molecular weight excluding hydrogens is 280 g/mol. The number of imidazole rings is 1. The summed E-state index contributed by atoms with van der Waals surface area (Å²) in [5.41, 5.74) is 9.71. The van der Waals surface area contributed by atoms with E-state index in [4.69, 9.17) is 11.0 Å². The highest BCUT2D eigenvalue weighted by atomic mass is 32.1. The van der Waals surface area contributed by atoms with E-state index < -0.39 is 0 Å². The normalized spacial score (nSPS) is 12.5. The Morgan fingerprint density at radius 2 is 2.10 bits per heavy atom. The molecule has 3 aromatic rings. The van der Waals surface area contributed by atoms with Gasteiger partial charge in [-0.2, -0.15) is 5.26 Å². The molecule has 0 fully saturated rings. The minimum absolute atomic E-state index is 0.0916. The molecule has 2 N–H and O–H groups in total. The van der Waals surface area contributed by atoms with E-state index in [1.807, 2.05) is 16.7 Å². The molecule has 4 nitrogen and oxygen atoms in total. The highest BCUT2D eigenvalue weighted by Gasteiger charge is 2.18. The molecule has 106 valence electrons. The van der Waals surface area contributed by atoms with Gasteiger partial charge in [-0.05, 0) is 50.6 Å². The Morgan fingerprint density at radius 3 is 2.71 bits per heavy atom. The van der Waals surface area contributed by atoms with Gasteiger partial charge in [0.15, 0.2) is 0 Å². The average Bonchev–Trinajstić information content (AvgIpc) is 2.95. The van der Waals surface area contributed by atoms with E-state index in [2.05, 4.69) is 37.9 Å². The number of fused-ring (bicyclic) bond motifs is 1. The van der Waals surface area contributed by atoms with E-state index in [-0.39, 0.29) is 6.04 Å². The fourth-order valence-corrected chi connectivity index (χ4v) is 3.81. The van der Waals surface area contributed by atoms with Crippen LogP contribution in [-0.2, 0) is 0 Å². The minimum Gasteiger partial charge on any atom is -0.369 e. The molecule has 1 unspecified atom stereocenters. The lowest BCUT2D eigenvalue weighted by atomic mass is 10.1. The molecule has 0 aliphatic heterocycles. The lowest BCUT2D eigenvalue weighted by Crippen LogP contribution is -2.10. The van der Waals surface area contributed by atoms with Crippen LogP contribution in [0.4, 0.5) is 5.95 Å². The molecule has 2 aromatic heterocycles. The SMILES string of the molecule is Cc1cc(C(C)n2c(N)nc3ccc(C#N)cc32)c(C)s1. The molecule has 0 saturated heterocycles. The van der Waals surface area contributed by atoms with E-state index >= 15 is 0 Å². The number of hydrogen-bond donors (Lipinski definition) is 1. The number of nitriles is 1. The Bertz CT molecular complexity index is 866. The Morgan fingerprint density at radius 1 is 1.33 bits per heavy atom. The lowest BCUT2D eigenvalue weighted by molar-refractivity contribution is 0.666. The monoisotopic (exact) mass is 296 g/mol. The van der Waals surface area contributed by atoms with E-state index in [0.717, 1.165) is 11.0 Å². The summed E-state index contributed by atoms with van der Waals surface area (Å²) in [5.74, 6) is 0.482. The number of hydrogen-bond acceptors (Lipinski definition) is 4. The van der Waals surface area contributed by atoms with Crippen LogP contribution in [0.15, 0.2) is 24.3 Å². The van der Waals surface area contributed by atoms with E-state index in [1.165, 1.54) is 15.3 Å². The number of rotatable bonds is 2. The minimum atomic E-state index is 0.0916. The Balaban J connectivity index is 2.21. The van der Waals surface area contributed by atoms with Crippen molar-refractivity contribution in [2.24, 2.45) is 0 Å². The van der Waals surface area contributed by atoms with Crippen LogP contribution in [0.2, 0.25) is 0 Å². The van der Waals surface area contributed by atoms with Crippen LogP contribution in [0, 0.1) is 25.2 Å². The maximum absolute atomic E-state index is 9.09. The Kier molecular flexibility index (Phi) is 3.19. The number of aryl methyl sites for hydroxylation is 2. The third-order valence-electron chi connectivity index (χ3n) is 3.76.